The van der Waals surface area contributed by atoms with E-state index < -0.39 is 0 Å². The van der Waals surface area contributed by atoms with E-state index >= 15 is 0 Å². The van der Waals surface area contributed by atoms with Crippen molar-refractivity contribution in [1.82, 2.24) is 19.7 Å². The Hall–Kier alpha value is -2.66. The average Bonchev–Trinajstić information content (AvgIpc) is 3.06. The van der Waals surface area contributed by atoms with Crippen molar-refractivity contribution in [3.63, 3.8) is 0 Å². The Bertz CT molecular complexity index is 908. The lowest BCUT2D eigenvalue weighted by molar-refractivity contribution is 0.438. The van der Waals surface area contributed by atoms with Crippen LogP contribution in [0.4, 0.5) is 0 Å². The van der Waals surface area contributed by atoms with Crippen LogP contribution in [0.15, 0.2) is 65.5 Å². The van der Waals surface area contributed by atoms with Crippen LogP contribution >= 0.6 is 0 Å². The van der Waals surface area contributed by atoms with Gasteiger partial charge in [0.05, 0.1) is 5.69 Å². The minimum atomic E-state index is -0.0326. The molecule has 5 heteroatoms. The van der Waals surface area contributed by atoms with Crippen LogP contribution < -0.4 is 11.0 Å². The fraction of sp³-hybridized carbons (Fsp3) is 0.364. The van der Waals surface area contributed by atoms with E-state index in [1.807, 2.05) is 36.4 Å². The number of benzene rings is 2. The quantitative estimate of drug-likeness (QED) is 0.733. The minimum Gasteiger partial charge on any atom is -0.316 e. The number of aryl methyl sites for hydroxylation is 2. The third-order valence-electron chi connectivity index (χ3n) is 5.22. The van der Waals surface area contributed by atoms with E-state index in [-0.39, 0.29) is 11.6 Å². The first kappa shape index (κ1) is 17.7. The molecule has 0 amide bonds. The molecule has 3 aromatic rings. The lowest BCUT2D eigenvalue weighted by Gasteiger charge is -2.22. The molecule has 140 valence electrons. The molecule has 2 aromatic carbocycles. The zero-order valence-corrected chi connectivity index (χ0v) is 15.6. The molecule has 1 saturated heterocycles. The number of piperidine rings is 1. The summed E-state index contributed by atoms with van der Waals surface area (Å²) in [6.45, 7) is 2.57. The van der Waals surface area contributed by atoms with Gasteiger partial charge in [0.25, 0.3) is 0 Å². The molecule has 1 aliphatic rings. The third-order valence-corrected chi connectivity index (χ3v) is 5.22. The molecule has 4 rings (SSSR count). The second-order valence-corrected chi connectivity index (χ2v) is 7.17. The molecule has 1 N–H and O–H groups in total. The van der Waals surface area contributed by atoms with Crippen LogP contribution in [0.5, 0.6) is 0 Å². The largest absolute Gasteiger partial charge is 0.350 e. The van der Waals surface area contributed by atoms with Crippen molar-refractivity contribution in [1.29, 1.82) is 0 Å². The Labute approximate surface area is 159 Å². The van der Waals surface area contributed by atoms with Gasteiger partial charge in [0.1, 0.15) is 5.82 Å². The number of nitrogens with zero attached hydrogens (tertiary/aromatic N) is 3. The molecule has 1 fully saturated rings. The molecule has 0 bridgehead atoms. The molecule has 0 aliphatic carbocycles. The number of aromatic nitrogens is 3. The van der Waals surface area contributed by atoms with Gasteiger partial charge in [-0.2, -0.15) is 5.10 Å². The van der Waals surface area contributed by atoms with Gasteiger partial charge in [-0.05, 0) is 49.9 Å². The van der Waals surface area contributed by atoms with Gasteiger partial charge in [-0.3, -0.25) is 0 Å². The normalized spacial score (nSPS) is 17.1. The first-order valence-corrected chi connectivity index (χ1v) is 9.83. The van der Waals surface area contributed by atoms with Gasteiger partial charge < -0.3 is 5.32 Å². The molecule has 0 saturated carbocycles. The average molecular weight is 362 g/mol. The van der Waals surface area contributed by atoms with Gasteiger partial charge in [0, 0.05) is 19.0 Å². The highest BCUT2D eigenvalue weighted by atomic mass is 16.2. The molecule has 1 atom stereocenters. The summed E-state index contributed by atoms with van der Waals surface area (Å²) in [7, 11) is 0. The van der Waals surface area contributed by atoms with Gasteiger partial charge in [-0.15, -0.1) is 0 Å². The van der Waals surface area contributed by atoms with E-state index in [4.69, 9.17) is 5.10 Å². The van der Waals surface area contributed by atoms with E-state index in [1.54, 1.807) is 9.25 Å². The van der Waals surface area contributed by atoms with Crippen LogP contribution in [0.1, 0.15) is 36.6 Å². The number of rotatable bonds is 6. The fourth-order valence-corrected chi connectivity index (χ4v) is 3.80. The zero-order chi connectivity index (χ0) is 18.5. The third kappa shape index (κ3) is 4.03. The van der Waals surface area contributed by atoms with E-state index in [2.05, 4.69) is 29.6 Å². The van der Waals surface area contributed by atoms with Crippen LogP contribution in [0.3, 0.4) is 0 Å². The Morgan fingerprint density at radius 3 is 2.48 bits per heavy atom. The summed E-state index contributed by atoms with van der Waals surface area (Å²) in [4.78, 5) is 13.1. The van der Waals surface area contributed by atoms with Crippen LogP contribution in [-0.4, -0.2) is 27.4 Å². The number of hydrogen-bond donors (Lipinski definition) is 1. The number of hydrogen-bond acceptors (Lipinski definition) is 3. The Morgan fingerprint density at radius 2 is 1.78 bits per heavy atom. The van der Waals surface area contributed by atoms with Crippen molar-refractivity contribution in [3.8, 4) is 5.69 Å². The molecule has 0 spiro atoms. The summed E-state index contributed by atoms with van der Waals surface area (Å²) >= 11 is 0. The van der Waals surface area contributed by atoms with Gasteiger partial charge in [-0.25, -0.2) is 14.0 Å². The predicted molar refractivity (Wildman–Crippen MR) is 107 cm³/mol. The molecule has 1 aliphatic heterocycles. The maximum Gasteiger partial charge on any atom is 0.350 e. The van der Waals surface area contributed by atoms with Gasteiger partial charge >= 0.3 is 5.69 Å². The van der Waals surface area contributed by atoms with Crippen molar-refractivity contribution >= 4 is 0 Å². The standard InChI is InChI=1S/C22H26N4O/c27-22-25(16-8-11-18-9-3-1-4-10-18)24-21(19-12-7-15-23-17-19)26(22)20-13-5-2-6-14-20/h1-6,9-10,13-14,19,23H,7-8,11-12,15-17H2/t19-/m1/s1. The van der Waals surface area contributed by atoms with Gasteiger partial charge in [-0.1, -0.05) is 48.5 Å². The van der Waals surface area contributed by atoms with Crippen LogP contribution in [-0.2, 0) is 13.0 Å². The van der Waals surface area contributed by atoms with Crippen LogP contribution in [0.2, 0.25) is 0 Å². The molecular formula is C22H26N4O. The highest BCUT2D eigenvalue weighted by Gasteiger charge is 2.24. The Balaban J connectivity index is 1.60. The summed E-state index contributed by atoms with van der Waals surface area (Å²) in [5.74, 6) is 1.17. The lowest BCUT2D eigenvalue weighted by Crippen LogP contribution is -2.31. The lowest BCUT2D eigenvalue weighted by atomic mass is 9.99. The molecule has 2 heterocycles. The van der Waals surface area contributed by atoms with E-state index in [0.29, 0.717) is 6.54 Å². The summed E-state index contributed by atoms with van der Waals surface area (Å²) in [6.07, 6.45) is 4.04. The monoisotopic (exact) mass is 362 g/mol. The van der Waals surface area contributed by atoms with Crippen LogP contribution in [0.25, 0.3) is 5.69 Å². The number of nitrogens with one attached hydrogen (secondary N) is 1. The Morgan fingerprint density at radius 1 is 1.04 bits per heavy atom. The highest BCUT2D eigenvalue weighted by Crippen LogP contribution is 2.23. The van der Waals surface area contributed by atoms with Crippen molar-refractivity contribution in [2.24, 2.45) is 0 Å². The van der Waals surface area contributed by atoms with Crippen molar-refractivity contribution in [2.45, 2.75) is 38.1 Å². The molecule has 0 radical (unpaired) electrons. The Kier molecular flexibility index (Phi) is 5.49. The number of para-hydroxylation sites is 1. The molecule has 0 unspecified atom stereocenters. The van der Waals surface area contributed by atoms with Crippen molar-refractivity contribution < 1.29 is 0 Å². The second-order valence-electron chi connectivity index (χ2n) is 7.17. The summed E-state index contributed by atoms with van der Waals surface area (Å²) in [5.41, 5.74) is 2.16. The summed E-state index contributed by atoms with van der Waals surface area (Å²) < 4.78 is 3.46. The van der Waals surface area contributed by atoms with E-state index in [9.17, 15) is 4.79 Å². The van der Waals surface area contributed by atoms with Gasteiger partial charge in [0.2, 0.25) is 0 Å². The smallest absolute Gasteiger partial charge is 0.316 e. The zero-order valence-electron chi connectivity index (χ0n) is 15.6. The first-order chi connectivity index (χ1) is 13.3. The molecule has 5 nitrogen and oxygen atoms in total. The van der Waals surface area contributed by atoms with E-state index in [1.165, 1.54) is 5.56 Å². The summed E-state index contributed by atoms with van der Waals surface area (Å²) in [5, 5.41) is 8.21. The van der Waals surface area contributed by atoms with E-state index in [0.717, 1.165) is 50.3 Å². The molecule has 27 heavy (non-hydrogen) atoms. The highest BCUT2D eigenvalue weighted by molar-refractivity contribution is 5.33. The predicted octanol–water partition coefficient (Wildman–Crippen LogP) is 3.13. The maximum atomic E-state index is 13.1. The maximum absolute atomic E-state index is 13.1. The fourth-order valence-electron chi connectivity index (χ4n) is 3.80. The van der Waals surface area contributed by atoms with Crippen LogP contribution in [0, 0.1) is 0 Å². The van der Waals surface area contributed by atoms with Crippen molar-refractivity contribution in [2.75, 3.05) is 13.1 Å². The first-order valence-electron chi connectivity index (χ1n) is 9.83. The topological polar surface area (TPSA) is 51.9 Å². The molecular weight excluding hydrogens is 336 g/mol. The SMILES string of the molecule is O=c1n(CCCc2ccccc2)nc([C@@H]2CCCNC2)n1-c1ccccc1. The summed E-state index contributed by atoms with van der Waals surface area (Å²) in [6, 6.07) is 20.3. The van der Waals surface area contributed by atoms with Gasteiger partial charge in [0.15, 0.2) is 0 Å². The second kappa shape index (κ2) is 8.35. The molecule has 1 aromatic heterocycles. The van der Waals surface area contributed by atoms with Crippen molar-refractivity contribution in [3.05, 3.63) is 82.5 Å². The minimum absolute atomic E-state index is 0.0326.